The van der Waals surface area contributed by atoms with E-state index in [-0.39, 0.29) is 5.82 Å². The summed E-state index contributed by atoms with van der Waals surface area (Å²) in [5, 5.41) is 0. The molecule has 0 atom stereocenters. The predicted molar refractivity (Wildman–Crippen MR) is 83.1 cm³/mol. The molecular weight excluding hydrogens is 271 g/mol. The zero-order valence-electron chi connectivity index (χ0n) is 12.1. The summed E-state index contributed by atoms with van der Waals surface area (Å²) in [4.78, 5) is 3.16. The summed E-state index contributed by atoms with van der Waals surface area (Å²) in [5.74, 6) is 0.695. The Hall–Kier alpha value is -1.16. The first kappa shape index (κ1) is 13.8. The lowest BCUT2D eigenvalue weighted by Crippen LogP contribution is -2.18. The van der Waals surface area contributed by atoms with Crippen LogP contribution in [0.25, 0.3) is 11.0 Å². The second kappa shape index (κ2) is 5.32. The minimum atomic E-state index is -0.171. The predicted octanol–water partition coefficient (Wildman–Crippen LogP) is 5.29. The van der Waals surface area contributed by atoms with Gasteiger partial charge in [-0.15, -0.1) is 0 Å². The van der Waals surface area contributed by atoms with Crippen LogP contribution in [0.3, 0.4) is 0 Å². The summed E-state index contributed by atoms with van der Waals surface area (Å²) in [6, 6.07) is 3.95. The van der Waals surface area contributed by atoms with Crippen LogP contribution in [0.15, 0.2) is 12.1 Å². The van der Waals surface area contributed by atoms with Crippen LogP contribution in [0, 0.1) is 23.4 Å². The van der Waals surface area contributed by atoms with Crippen molar-refractivity contribution in [2.45, 2.75) is 52.0 Å². The van der Waals surface area contributed by atoms with E-state index >= 15 is 0 Å². The highest BCUT2D eigenvalue weighted by atomic mass is 32.1. The topological polar surface area (TPSA) is 20.7 Å². The molecule has 1 aliphatic rings. The molecule has 108 valence electrons. The van der Waals surface area contributed by atoms with E-state index in [2.05, 4.69) is 16.5 Å². The molecular formula is C16H21FN2S. The van der Waals surface area contributed by atoms with E-state index in [4.69, 9.17) is 12.2 Å². The van der Waals surface area contributed by atoms with Crippen LogP contribution < -0.4 is 0 Å². The van der Waals surface area contributed by atoms with Crippen LogP contribution >= 0.6 is 12.2 Å². The Labute approximate surface area is 124 Å². The summed E-state index contributed by atoms with van der Waals surface area (Å²) in [6.45, 7) is 4.08. The van der Waals surface area contributed by atoms with Crippen LogP contribution in [0.2, 0.25) is 0 Å². The average molecular weight is 292 g/mol. The Morgan fingerprint density at radius 2 is 2.00 bits per heavy atom. The molecule has 1 fully saturated rings. The second-order valence-corrected chi connectivity index (χ2v) is 6.39. The number of aromatic amines is 1. The number of H-pyrrole nitrogens is 1. The molecule has 1 heterocycles. The monoisotopic (exact) mass is 292 g/mol. The second-order valence-electron chi connectivity index (χ2n) is 6.00. The number of hydrogen-bond acceptors (Lipinski definition) is 1. The van der Waals surface area contributed by atoms with Gasteiger partial charge in [0.1, 0.15) is 5.82 Å². The van der Waals surface area contributed by atoms with Crippen LogP contribution in [0.4, 0.5) is 4.39 Å². The van der Waals surface area contributed by atoms with Crippen molar-refractivity contribution >= 4 is 23.3 Å². The molecule has 2 nitrogen and oxygen atoms in total. The van der Waals surface area contributed by atoms with E-state index in [1.807, 2.05) is 13.0 Å². The first-order chi connectivity index (χ1) is 9.60. The van der Waals surface area contributed by atoms with Gasteiger partial charge in [0.25, 0.3) is 0 Å². The highest BCUT2D eigenvalue weighted by Crippen LogP contribution is 2.36. The van der Waals surface area contributed by atoms with Gasteiger partial charge >= 0.3 is 0 Å². The maximum atomic E-state index is 13.7. The fourth-order valence-corrected chi connectivity index (χ4v) is 3.78. The van der Waals surface area contributed by atoms with Crippen molar-refractivity contribution in [1.29, 1.82) is 0 Å². The van der Waals surface area contributed by atoms with Crippen molar-refractivity contribution in [2.75, 3.05) is 0 Å². The summed E-state index contributed by atoms with van der Waals surface area (Å²) in [7, 11) is 0. The van der Waals surface area contributed by atoms with Crippen molar-refractivity contribution in [3.05, 3.63) is 28.3 Å². The molecule has 0 amide bonds. The van der Waals surface area contributed by atoms with E-state index in [0.717, 1.165) is 21.7 Å². The van der Waals surface area contributed by atoms with Crippen molar-refractivity contribution < 1.29 is 4.39 Å². The number of aromatic nitrogens is 2. The molecule has 1 aromatic carbocycles. The molecule has 20 heavy (non-hydrogen) atoms. The number of hydrogen-bond donors (Lipinski definition) is 1. The van der Waals surface area contributed by atoms with Gasteiger partial charge in [0, 0.05) is 6.04 Å². The lowest BCUT2D eigenvalue weighted by Gasteiger charge is -2.29. The van der Waals surface area contributed by atoms with Crippen molar-refractivity contribution in [2.24, 2.45) is 5.92 Å². The normalized spacial score (nSPS) is 23.4. The minimum absolute atomic E-state index is 0.171. The zero-order valence-corrected chi connectivity index (χ0v) is 12.9. The summed E-state index contributed by atoms with van der Waals surface area (Å²) < 4.78 is 16.6. The third-order valence-corrected chi connectivity index (χ3v) is 5.05. The number of aryl methyl sites for hydroxylation is 1. The van der Waals surface area contributed by atoms with Gasteiger partial charge < -0.3 is 9.55 Å². The summed E-state index contributed by atoms with van der Waals surface area (Å²) >= 11 is 5.46. The number of rotatable bonds is 2. The largest absolute Gasteiger partial charge is 0.330 e. The molecule has 0 radical (unpaired) electrons. The number of fused-ring (bicyclic) bond motifs is 1. The van der Waals surface area contributed by atoms with Gasteiger partial charge in [-0.2, -0.15) is 0 Å². The zero-order chi connectivity index (χ0) is 14.3. The number of imidazole rings is 1. The molecule has 0 bridgehead atoms. The van der Waals surface area contributed by atoms with Gasteiger partial charge in [0.15, 0.2) is 4.77 Å². The fourth-order valence-electron chi connectivity index (χ4n) is 3.42. The maximum absolute atomic E-state index is 13.7. The van der Waals surface area contributed by atoms with Gasteiger partial charge in [-0.3, -0.25) is 0 Å². The van der Waals surface area contributed by atoms with Crippen LogP contribution in [-0.2, 0) is 0 Å². The minimum Gasteiger partial charge on any atom is -0.330 e. The molecule has 1 N–H and O–H groups in total. The van der Waals surface area contributed by atoms with Gasteiger partial charge in [0.2, 0.25) is 0 Å². The molecule has 4 heteroatoms. The van der Waals surface area contributed by atoms with Crippen LogP contribution in [0.1, 0.15) is 50.6 Å². The standard InChI is InChI=1S/C16H21FN2S/c1-3-11-4-6-12(7-5-11)19-15-8-10(2)13(17)9-14(15)18-16(19)20/h8-9,11-12H,3-7H2,1-2H3,(H,18,20). The van der Waals surface area contributed by atoms with Crippen molar-refractivity contribution in [3.8, 4) is 0 Å². The number of halogens is 1. The molecule has 1 aliphatic carbocycles. The highest BCUT2D eigenvalue weighted by Gasteiger charge is 2.23. The first-order valence-electron chi connectivity index (χ1n) is 7.50. The van der Waals surface area contributed by atoms with E-state index in [1.165, 1.54) is 32.1 Å². The third-order valence-electron chi connectivity index (χ3n) is 4.76. The molecule has 2 aromatic rings. The number of nitrogens with one attached hydrogen (secondary N) is 1. The Morgan fingerprint density at radius 1 is 1.30 bits per heavy atom. The molecule has 0 spiro atoms. The molecule has 0 unspecified atom stereocenters. The summed E-state index contributed by atoms with van der Waals surface area (Å²) in [5.41, 5.74) is 2.55. The van der Waals surface area contributed by atoms with E-state index in [9.17, 15) is 4.39 Å². The van der Waals surface area contributed by atoms with E-state index in [0.29, 0.717) is 11.6 Å². The van der Waals surface area contributed by atoms with Crippen LogP contribution in [0.5, 0.6) is 0 Å². The highest BCUT2D eigenvalue weighted by molar-refractivity contribution is 7.71. The van der Waals surface area contributed by atoms with Gasteiger partial charge in [-0.25, -0.2) is 4.39 Å². The number of benzene rings is 1. The van der Waals surface area contributed by atoms with Gasteiger partial charge in [-0.1, -0.05) is 13.3 Å². The Morgan fingerprint density at radius 3 is 2.65 bits per heavy atom. The van der Waals surface area contributed by atoms with E-state index < -0.39 is 0 Å². The van der Waals surface area contributed by atoms with E-state index in [1.54, 1.807) is 6.07 Å². The molecule has 0 aliphatic heterocycles. The Kier molecular flexibility index (Phi) is 3.67. The van der Waals surface area contributed by atoms with Crippen molar-refractivity contribution in [3.63, 3.8) is 0 Å². The lowest BCUT2D eigenvalue weighted by molar-refractivity contribution is 0.272. The quantitative estimate of drug-likeness (QED) is 0.746. The third kappa shape index (κ3) is 2.30. The number of nitrogens with zero attached hydrogens (tertiary/aromatic N) is 1. The SMILES string of the molecule is CCC1CCC(n2c(=S)[nH]c3cc(F)c(C)cc32)CC1. The maximum Gasteiger partial charge on any atom is 0.178 e. The average Bonchev–Trinajstić information content (AvgIpc) is 2.75. The Bertz CT molecular complexity index is 678. The van der Waals surface area contributed by atoms with Crippen molar-refractivity contribution in [1.82, 2.24) is 9.55 Å². The first-order valence-corrected chi connectivity index (χ1v) is 7.91. The molecule has 1 aromatic heterocycles. The fraction of sp³-hybridized carbons (Fsp3) is 0.562. The van der Waals surface area contributed by atoms with Gasteiger partial charge in [-0.05, 0) is 68.4 Å². The Balaban J connectivity index is 2.01. The molecule has 1 saturated carbocycles. The molecule has 3 rings (SSSR count). The smallest absolute Gasteiger partial charge is 0.178 e. The summed E-state index contributed by atoms with van der Waals surface area (Å²) in [6.07, 6.45) is 6.17. The van der Waals surface area contributed by atoms with Crippen LogP contribution in [-0.4, -0.2) is 9.55 Å². The van der Waals surface area contributed by atoms with Gasteiger partial charge in [0.05, 0.1) is 11.0 Å². The molecule has 0 saturated heterocycles. The lowest BCUT2D eigenvalue weighted by atomic mass is 9.84.